The molecule has 0 aliphatic carbocycles. The second kappa shape index (κ2) is 5.36. The van der Waals surface area contributed by atoms with Crippen LogP contribution in [0.25, 0.3) is 0 Å². The van der Waals surface area contributed by atoms with Gasteiger partial charge in [-0.25, -0.2) is 4.98 Å². The van der Waals surface area contributed by atoms with Gasteiger partial charge in [0.05, 0.1) is 12.8 Å². The van der Waals surface area contributed by atoms with Crippen LogP contribution < -0.4 is 4.74 Å². The van der Waals surface area contributed by atoms with Crippen molar-refractivity contribution >= 4 is 5.91 Å². The van der Waals surface area contributed by atoms with Gasteiger partial charge in [0.2, 0.25) is 5.88 Å². The van der Waals surface area contributed by atoms with Gasteiger partial charge in [0.15, 0.2) is 5.76 Å². The Morgan fingerprint density at radius 2 is 2.30 bits per heavy atom. The molecule has 1 atom stereocenters. The van der Waals surface area contributed by atoms with Crippen molar-refractivity contribution in [3.63, 3.8) is 0 Å². The zero-order valence-electron chi connectivity index (χ0n) is 11.3. The van der Waals surface area contributed by atoms with Crippen LogP contribution in [0.3, 0.4) is 0 Å². The van der Waals surface area contributed by atoms with Crippen molar-refractivity contribution in [2.24, 2.45) is 0 Å². The highest BCUT2D eigenvalue weighted by atomic mass is 16.5. The van der Waals surface area contributed by atoms with Gasteiger partial charge in [-0.3, -0.25) is 4.79 Å². The number of hydrogen-bond donors (Lipinski definition) is 0. The second-order valence-corrected chi connectivity index (χ2v) is 4.87. The molecule has 1 saturated heterocycles. The minimum Gasteiger partial charge on any atom is -0.472 e. The summed E-state index contributed by atoms with van der Waals surface area (Å²) in [4.78, 5) is 18.2. The predicted molar refractivity (Wildman–Crippen MR) is 72.6 cm³/mol. The van der Waals surface area contributed by atoms with Crippen molar-refractivity contribution in [2.45, 2.75) is 19.4 Å². The monoisotopic (exact) mass is 272 g/mol. The molecule has 1 amide bonds. The van der Waals surface area contributed by atoms with Gasteiger partial charge in [0.1, 0.15) is 6.10 Å². The third-order valence-electron chi connectivity index (χ3n) is 3.31. The zero-order chi connectivity index (χ0) is 13.9. The van der Waals surface area contributed by atoms with Crippen LogP contribution in [-0.2, 0) is 0 Å². The molecule has 5 nitrogen and oxygen atoms in total. The molecule has 5 heteroatoms. The molecule has 0 N–H and O–H groups in total. The first-order chi connectivity index (χ1) is 9.72. The van der Waals surface area contributed by atoms with Crippen molar-refractivity contribution in [3.8, 4) is 5.88 Å². The second-order valence-electron chi connectivity index (χ2n) is 4.87. The van der Waals surface area contributed by atoms with Gasteiger partial charge in [0.25, 0.3) is 5.91 Å². The number of rotatable bonds is 3. The summed E-state index contributed by atoms with van der Waals surface area (Å²) in [5.41, 5.74) is 0.920. The van der Waals surface area contributed by atoms with E-state index in [0.717, 1.165) is 12.1 Å². The first kappa shape index (κ1) is 12.7. The summed E-state index contributed by atoms with van der Waals surface area (Å²) < 4.78 is 11.0. The minimum absolute atomic E-state index is 0.0109. The first-order valence-electron chi connectivity index (χ1n) is 6.65. The standard InChI is InChI=1S/C15H16N2O3/c1-11-4-2-6-14(16-11)20-12-7-8-17(10-12)15(18)13-5-3-9-19-13/h2-6,9,12H,7-8,10H2,1H3. The fourth-order valence-electron chi connectivity index (χ4n) is 2.32. The van der Waals surface area contributed by atoms with Crippen LogP contribution in [0.4, 0.5) is 0 Å². The summed E-state index contributed by atoms with van der Waals surface area (Å²) in [5, 5.41) is 0. The molecule has 3 rings (SSSR count). The number of nitrogens with zero attached hydrogens (tertiary/aromatic N) is 2. The molecule has 0 bridgehead atoms. The lowest BCUT2D eigenvalue weighted by atomic mass is 10.3. The van der Waals surface area contributed by atoms with Gasteiger partial charge in [0, 0.05) is 24.7 Å². The molecule has 3 heterocycles. The molecule has 1 aliphatic heterocycles. The van der Waals surface area contributed by atoms with Crippen molar-refractivity contribution in [1.29, 1.82) is 0 Å². The lowest BCUT2D eigenvalue weighted by Gasteiger charge is -2.15. The summed E-state index contributed by atoms with van der Waals surface area (Å²) >= 11 is 0. The lowest BCUT2D eigenvalue weighted by molar-refractivity contribution is 0.0740. The van der Waals surface area contributed by atoms with Gasteiger partial charge in [-0.05, 0) is 25.1 Å². The molecular formula is C15H16N2O3. The van der Waals surface area contributed by atoms with E-state index in [1.54, 1.807) is 17.0 Å². The van der Waals surface area contributed by atoms with E-state index in [9.17, 15) is 4.79 Å². The molecule has 104 valence electrons. The largest absolute Gasteiger partial charge is 0.472 e. The molecular weight excluding hydrogens is 256 g/mol. The molecule has 0 aromatic carbocycles. The summed E-state index contributed by atoms with van der Waals surface area (Å²) in [7, 11) is 0. The average molecular weight is 272 g/mol. The van der Waals surface area contributed by atoms with E-state index >= 15 is 0 Å². The minimum atomic E-state index is -0.0849. The van der Waals surface area contributed by atoms with E-state index in [1.807, 2.05) is 25.1 Å². The maximum Gasteiger partial charge on any atom is 0.289 e. The highest BCUT2D eigenvalue weighted by Gasteiger charge is 2.29. The molecule has 0 saturated carbocycles. The highest BCUT2D eigenvalue weighted by molar-refractivity contribution is 5.91. The number of hydrogen-bond acceptors (Lipinski definition) is 4. The number of ether oxygens (including phenoxy) is 1. The fourth-order valence-corrected chi connectivity index (χ4v) is 2.32. The number of aryl methyl sites for hydroxylation is 1. The maximum absolute atomic E-state index is 12.1. The number of carbonyl (C=O) groups is 1. The third-order valence-corrected chi connectivity index (χ3v) is 3.31. The molecule has 0 radical (unpaired) electrons. The van der Waals surface area contributed by atoms with Crippen LogP contribution in [0.2, 0.25) is 0 Å². The lowest BCUT2D eigenvalue weighted by Crippen LogP contribution is -2.30. The predicted octanol–water partition coefficient (Wildman–Crippen LogP) is 2.28. The Kier molecular flexibility index (Phi) is 3.41. The Morgan fingerprint density at radius 3 is 3.05 bits per heavy atom. The average Bonchev–Trinajstić information content (AvgIpc) is 3.09. The normalized spacial score (nSPS) is 18.2. The van der Waals surface area contributed by atoms with Crippen molar-refractivity contribution in [2.75, 3.05) is 13.1 Å². The van der Waals surface area contributed by atoms with Crippen molar-refractivity contribution in [3.05, 3.63) is 48.0 Å². The number of furan rings is 1. The molecule has 2 aromatic rings. The third kappa shape index (κ3) is 2.66. The van der Waals surface area contributed by atoms with Crippen LogP contribution in [-0.4, -0.2) is 35.0 Å². The summed E-state index contributed by atoms with van der Waals surface area (Å²) in [5.74, 6) is 0.903. The zero-order valence-corrected chi connectivity index (χ0v) is 11.3. The highest BCUT2D eigenvalue weighted by Crippen LogP contribution is 2.18. The molecule has 2 aromatic heterocycles. The first-order valence-corrected chi connectivity index (χ1v) is 6.65. The van der Waals surface area contributed by atoms with Gasteiger partial charge in [-0.1, -0.05) is 6.07 Å². The van der Waals surface area contributed by atoms with Crippen LogP contribution in [0.15, 0.2) is 41.0 Å². The quantitative estimate of drug-likeness (QED) is 0.860. The van der Waals surface area contributed by atoms with Crippen molar-refractivity contribution in [1.82, 2.24) is 9.88 Å². The summed E-state index contributed by atoms with van der Waals surface area (Å²) in [6, 6.07) is 9.07. The Bertz CT molecular complexity index is 595. The summed E-state index contributed by atoms with van der Waals surface area (Å²) in [6.07, 6.45) is 2.30. The Hall–Kier alpha value is -2.30. The smallest absolute Gasteiger partial charge is 0.289 e. The fraction of sp³-hybridized carbons (Fsp3) is 0.333. The number of amides is 1. The summed E-state index contributed by atoms with van der Waals surface area (Å²) in [6.45, 7) is 3.17. The van der Waals surface area contributed by atoms with E-state index in [2.05, 4.69) is 4.98 Å². The molecule has 20 heavy (non-hydrogen) atoms. The number of aromatic nitrogens is 1. The van der Waals surface area contributed by atoms with Crippen LogP contribution in [0, 0.1) is 6.92 Å². The van der Waals surface area contributed by atoms with Crippen molar-refractivity contribution < 1.29 is 13.9 Å². The van der Waals surface area contributed by atoms with E-state index in [0.29, 0.717) is 24.7 Å². The van der Waals surface area contributed by atoms with Crippen LogP contribution in [0.5, 0.6) is 5.88 Å². The molecule has 1 fully saturated rings. The molecule has 0 spiro atoms. The van der Waals surface area contributed by atoms with E-state index in [4.69, 9.17) is 9.15 Å². The van der Waals surface area contributed by atoms with Crippen LogP contribution >= 0.6 is 0 Å². The van der Waals surface area contributed by atoms with Gasteiger partial charge in [-0.15, -0.1) is 0 Å². The van der Waals surface area contributed by atoms with Gasteiger partial charge < -0.3 is 14.1 Å². The number of carbonyl (C=O) groups excluding carboxylic acids is 1. The number of pyridine rings is 1. The van der Waals surface area contributed by atoms with Gasteiger partial charge >= 0.3 is 0 Å². The molecule has 1 aliphatic rings. The maximum atomic E-state index is 12.1. The van der Waals surface area contributed by atoms with E-state index in [1.165, 1.54) is 6.26 Å². The Balaban J connectivity index is 1.61. The van der Waals surface area contributed by atoms with Gasteiger partial charge in [-0.2, -0.15) is 0 Å². The SMILES string of the molecule is Cc1cccc(OC2CCN(C(=O)c3ccco3)C2)n1. The Labute approximate surface area is 117 Å². The van der Waals surface area contributed by atoms with E-state index < -0.39 is 0 Å². The topological polar surface area (TPSA) is 55.6 Å². The van der Waals surface area contributed by atoms with Crippen LogP contribution in [0.1, 0.15) is 22.7 Å². The number of likely N-dealkylation sites (tertiary alicyclic amines) is 1. The Morgan fingerprint density at radius 1 is 1.40 bits per heavy atom. The van der Waals surface area contributed by atoms with E-state index in [-0.39, 0.29) is 12.0 Å². The molecule has 1 unspecified atom stereocenters.